The van der Waals surface area contributed by atoms with Gasteiger partial charge in [0, 0.05) is 23.5 Å². The number of phenols is 1. The summed E-state index contributed by atoms with van der Waals surface area (Å²) in [7, 11) is 1.86. The van der Waals surface area contributed by atoms with Crippen LogP contribution >= 0.6 is 11.6 Å². The van der Waals surface area contributed by atoms with Gasteiger partial charge in [-0.25, -0.2) is 0 Å². The number of hydrogen-bond acceptors (Lipinski definition) is 2. The Morgan fingerprint density at radius 2 is 2.07 bits per heavy atom. The second kappa shape index (κ2) is 3.63. The molecule has 0 saturated heterocycles. The molecule has 2 rings (SSSR count). The van der Waals surface area contributed by atoms with Crippen molar-refractivity contribution in [3.05, 3.63) is 34.9 Å². The predicted molar refractivity (Wildman–Crippen MR) is 64.9 cm³/mol. The molecule has 2 aromatic rings. The van der Waals surface area contributed by atoms with Crippen LogP contribution in [-0.4, -0.2) is 12.2 Å². The average Bonchev–Trinajstić information content (AvgIpc) is 2.25. The van der Waals surface area contributed by atoms with Gasteiger partial charge in [-0.05, 0) is 24.6 Å². The van der Waals surface area contributed by atoms with Gasteiger partial charge >= 0.3 is 0 Å². The largest absolute Gasteiger partial charge is 0.506 e. The van der Waals surface area contributed by atoms with Gasteiger partial charge in [0.05, 0.1) is 5.02 Å². The smallest absolute Gasteiger partial charge is 0.142 e. The Morgan fingerprint density at radius 1 is 1.33 bits per heavy atom. The summed E-state index contributed by atoms with van der Waals surface area (Å²) in [6.07, 6.45) is 0. The van der Waals surface area contributed by atoms with Crippen LogP contribution in [0.3, 0.4) is 0 Å². The van der Waals surface area contributed by atoms with Crippen molar-refractivity contribution in [1.82, 2.24) is 0 Å². The average molecular weight is 222 g/mol. The molecule has 15 heavy (non-hydrogen) atoms. The molecule has 2 aromatic carbocycles. The Balaban J connectivity index is 2.95. The van der Waals surface area contributed by atoms with E-state index in [9.17, 15) is 5.11 Å². The maximum absolute atomic E-state index is 9.84. The first-order valence-corrected chi connectivity index (χ1v) is 5.11. The molecule has 0 radical (unpaired) electrons. The van der Waals surface area contributed by atoms with E-state index in [0.29, 0.717) is 5.02 Å². The Kier molecular flexibility index (Phi) is 2.45. The first kappa shape index (κ1) is 10.1. The first-order valence-electron chi connectivity index (χ1n) is 4.73. The maximum atomic E-state index is 9.84. The monoisotopic (exact) mass is 221 g/mol. The lowest BCUT2D eigenvalue weighted by atomic mass is 10.0. The number of benzene rings is 2. The molecule has 78 valence electrons. The van der Waals surface area contributed by atoms with Gasteiger partial charge in [-0.3, -0.25) is 0 Å². The van der Waals surface area contributed by atoms with Gasteiger partial charge in [-0.2, -0.15) is 0 Å². The van der Waals surface area contributed by atoms with Crippen LogP contribution in [0.25, 0.3) is 10.8 Å². The van der Waals surface area contributed by atoms with Crippen molar-refractivity contribution >= 4 is 28.1 Å². The number of rotatable bonds is 1. The van der Waals surface area contributed by atoms with Crippen molar-refractivity contribution in [3.8, 4) is 5.75 Å². The van der Waals surface area contributed by atoms with Crippen LogP contribution in [0.5, 0.6) is 5.75 Å². The summed E-state index contributed by atoms with van der Waals surface area (Å²) in [5.74, 6) is 0.148. The van der Waals surface area contributed by atoms with Crippen LogP contribution in [-0.2, 0) is 0 Å². The Morgan fingerprint density at radius 3 is 2.73 bits per heavy atom. The van der Waals surface area contributed by atoms with Gasteiger partial charge in [-0.1, -0.05) is 23.7 Å². The zero-order valence-corrected chi connectivity index (χ0v) is 9.39. The molecule has 0 aromatic heterocycles. The standard InChI is InChI=1S/C12H12ClNO/c1-7-6-9(13)12(15)8-4-3-5-10(14-2)11(7)8/h3-6,14-15H,1-2H3. The number of fused-ring (bicyclic) bond motifs is 1. The van der Waals surface area contributed by atoms with E-state index in [1.165, 1.54) is 0 Å². The van der Waals surface area contributed by atoms with Gasteiger partial charge in [0.25, 0.3) is 0 Å². The van der Waals surface area contributed by atoms with Crippen LogP contribution in [0.4, 0.5) is 5.69 Å². The Bertz CT molecular complexity index is 523. The highest BCUT2D eigenvalue weighted by atomic mass is 35.5. The molecular formula is C12H12ClNO. The summed E-state index contributed by atoms with van der Waals surface area (Å²) in [6, 6.07) is 7.51. The van der Waals surface area contributed by atoms with Gasteiger partial charge in [0.2, 0.25) is 0 Å². The maximum Gasteiger partial charge on any atom is 0.142 e. The lowest BCUT2D eigenvalue weighted by Gasteiger charge is -2.11. The summed E-state index contributed by atoms with van der Waals surface area (Å²) >= 11 is 5.92. The second-order valence-electron chi connectivity index (χ2n) is 3.50. The van der Waals surface area contributed by atoms with Crippen molar-refractivity contribution in [2.45, 2.75) is 6.92 Å². The van der Waals surface area contributed by atoms with Crippen molar-refractivity contribution in [2.75, 3.05) is 12.4 Å². The van der Waals surface area contributed by atoms with E-state index in [2.05, 4.69) is 5.32 Å². The van der Waals surface area contributed by atoms with Gasteiger partial charge < -0.3 is 10.4 Å². The summed E-state index contributed by atoms with van der Waals surface area (Å²) < 4.78 is 0. The lowest BCUT2D eigenvalue weighted by molar-refractivity contribution is 0.482. The van der Waals surface area contributed by atoms with Crippen molar-refractivity contribution in [2.24, 2.45) is 0 Å². The molecule has 3 heteroatoms. The highest BCUT2D eigenvalue weighted by Gasteiger charge is 2.09. The number of anilines is 1. The van der Waals surface area contributed by atoms with Gasteiger partial charge in [0.1, 0.15) is 5.75 Å². The van der Waals surface area contributed by atoms with E-state index in [1.54, 1.807) is 6.07 Å². The highest BCUT2D eigenvalue weighted by molar-refractivity contribution is 6.33. The fourth-order valence-electron chi connectivity index (χ4n) is 1.84. The van der Waals surface area contributed by atoms with Crippen molar-refractivity contribution in [1.29, 1.82) is 0 Å². The molecule has 0 atom stereocenters. The third-order valence-electron chi connectivity index (χ3n) is 2.55. The summed E-state index contributed by atoms with van der Waals surface area (Å²) in [6.45, 7) is 1.98. The van der Waals surface area contributed by atoms with E-state index in [0.717, 1.165) is 22.0 Å². The summed E-state index contributed by atoms with van der Waals surface area (Å²) in [4.78, 5) is 0. The molecule has 0 saturated carbocycles. The molecule has 0 bridgehead atoms. The Labute approximate surface area is 93.5 Å². The summed E-state index contributed by atoms with van der Waals surface area (Å²) in [5.41, 5.74) is 2.05. The molecule has 0 aliphatic heterocycles. The molecule has 2 N–H and O–H groups in total. The topological polar surface area (TPSA) is 32.3 Å². The fraction of sp³-hybridized carbons (Fsp3) is 0.167. The molecule has 0 fully saturated rings. The fourth-order valence-corrected chi connectivity index (χ4v) is 2.11. The first-order chi connectivity index (χ1) is 7.15. The number of halogens is 1. The zero-order chi connectivity index (χ0) is 11.0. The molecule has 0 aliphatic carbocycles. The van der Waals surface area contributed by atoms with Crippen LogP contribution < -0.4 is 5.32 Å². The normalized spacial score (nSPS) is 10.6. The minimum atomic E-state index is 0.148. The van der Waals surface area contributed by atoms with Crippen LogP contribution in [0.15, 0.2) is 24.3 Å². The van der Waals surface area contributed by atoms with E-state index in [4.69, 9.17) is 11.6 Å². The van der Waals surface area contributed by atoms with E-state index in [-0.39, 0.29) is 5.75 Å². The molecule has 0 aliphatic rings. The van der Waals surface area contributed by atoms with Crippen molar-refractivity contribution < 1.29 is 5.11 Å². The van der Waals surface area contributed by atoms with E-state index < -0.39 is 0 Å². The number of aromatic hydroxyl groups is 1. The number of nitrogens with one attached hydrogen (secondary N) is 1. The van der Waals surface area contributed by atoms with Gasteiger partial charge in [0.15, 0.2) is 0 Å². The molecule has 2 nitrogen and oxygen atoms in total. The molecule has 0 spiro atoms. The van der Waals surface area contributed by atoms with Gasteiger partial charge in [-0.15, -0.1) is 0 Å². The highest BCUT2D eigenvalue weighted by Crippen LogP contribution is 2.37. The van der Waals surface area contributed by atoms with Crippen molar-refractivity contribution in [3.63, 3.8) is 0 Å². The third kappa shape index (κ3) is 1.51. The molecular weight excluding hydrogens is 210 g/mol. The molecule has 0 unspecified atom stereocenters. The van der Waals surface area contributed by atoms with Crippen LogP contribution in [0, 0.1) is 6.92 Å². The number of hydrogen-bond donors (Lipinski definition) is 2. The quantitative estimate of drug-likeness (QED) is 0.772. The SMILES string of the molecule is CNc1cccc2c(O)c(Cl)cc(C)c12. The minimum absolute atomic E-state index is 0.148. The number of aryl methyl sites for hydroxylation is 1. The third-order valence-corrected chi connectivity index (χ3v) is 2.84. The van der Waals surface area contributed by atoms with Crippen LogP contribution in [0.1, 0.15) is 5.56 Å². The van der Waals surface area contributed by atoms with E-state index in [1.807, 2.05) is 32.2 Å². The zero-order valence-electron chi connectivity index (χ0n) is 8.63. The van der Waals surface area contributed by atoms with E-state index >= 15 is 0 Å². The molecule has 0 amide bonds. The Hall–Kier alpha value is -1.41. The minimum Gasteiger partial charge on any atom is -0.506 e. The molecule has 0 heterocycles. The predicted octanol–water partition coefficient (Wildman–Crippen LogP) is 3.55. The lowest BCUT2D eigenvalue weighted by Crippen LogP contribution is -1.91. The second-order valence-corrected chi connectivity index (χ2v) is 3.91. The number of phenolic OH excluding ortho intramolecular Hbond substituents is 1. The summed E-state index contributed by atoms with van der Waals surface area (Å²) in [5, 5.41) is 15.1. The van der Waals surface area contributed by atoms with Crippen LogP contribution in [0.2, 0.25) is 5.02 Å².